The molecular formula is C41H67NO7. The summed E-state index contributed by atoms with van der Waals surface area (Å²) in [6.45, 7) is 17.1. The summed E-state index contributed by atoms with van der Waals surface area (Å²) in [7, 11) is 0. The molecule has 0 aromatic rings. The van der Waals surface area contributed by atoms with Crippen molar-refractivity contribution in [3.8, 4) is 0 Å². The molecule has 8 rings (SSSR count). The normalized spacial score (nSPS) is 51.5. The lowest BCUT2D eigenvalue weighted by atomic mass is 9.41. The lowest BCUT2D eigenvalue weighted by Gasteiger charge is -2.64. The maximum atomic E-state index is 13.4. The first-order valence-electron chi connectivity index (χ1n) is 20.3. The molecule has 2 aliphatic heterocycles. The van der Waals surface area contributed by atoms with Crippen molar-refractivity contribution < 1.29 is 34.3 Å². The Labute approximate surface area is 295 Å². The van der Waals surface area contributed by atoms with Crippen molar-refractivity contribution in [3.63, 3.8) is 0 Å². The van der Waals surface area contributed by atoms with Gasteiger partial charge >= 0.3 is 0 Å². The van der Waals surface area contributed by atoms with Crippen LogP contribution in [0.4, 0.5) is 0 Å². The van der Waals surface area contributed by atoms with Crippen LogP contribution in [0.15, 0.2) is 0 Å². The zero-order valence-corrected chi connectivity index (χ0v) is 31.6. The Bertz CT molecular complexity index is 1290. The Morgan fingerprint density at radius 3 is 2.37 bits per heavy atom. The number of aliphatic hydroxyl groups excluding tert-OH is 2. The fourth-order valence-electron chi connectivity index (χ4n) is 14.9. The van der Waals surface area contributed by atoms with Crippen LogP contribution >= 0.6 is 0 Å². The molecule has 1 amide bonds. The summed E-state index contributed by atoms with van der Waals surface area (Å²) in [5, 5.41) is 34.2. The molecule has 6 saturated carbocycles. The third-order valence-electron chi connectivity index (χ3n) is 17.5. The van der Waals surface area contributed by atoms with E-state index in [-0.39, 0.29) is 52.0 Å². The number of aliphatic hydroxyl groups is 3. The number of fused-ring (bicyclic) bond motifs is 4. The molecule has 3 N–H and O–H groups in total. The van der Waals surface area contributed by atoms with E-state index in [2.05, 4.69) is 34.6 Å². The van der Waals surface area contributed by atoms with Crippen molar-refractivity contribution in [2.24, 2.45) is 56.7 Å². The van der Waals surface area contributed by atoms with Crippen LogP contribution in [0.25, 0.3) is 0 Å². The van der Waals surface area contributed by atoms with Crippen molar-refractivity contribution >= 4 is 5.91 Å². The number of rotatable bonds is 5. The third-order valence-corrected chi connectivity index (χ3v) is 17.5. The number of hydrogen-bond donors (Lipinski definition) is 3. The number of carbonyl (C=O) groups excluding carboxylic acids is 1. The van der Waals surface area contributed by atoms with Crippen molar-refractivity contribution in [1.82, 2.24) is 4.90 Å². The van der Waals surface area contributed by atoms with Crippen LogP contribution < -0.4 is 0 Å². The molecule has 14 atom stereocenters. The Kier molecular flexibility index (Phi) is 8.36. The average Bonchev–Trinajstić information content (AvgIpc) is 3.70. The van der Waals surface area contributed by atoms with Gasteiger partial charge in [-0.25, -0.2) is 0 Å². The minimum atomic E-state index is -1.26. The Morgan fingerprint density at radius 1 is 0.959 bits per heavy atom. The molecule has 0 aromatic heterocycles. The summed E-state index contributed by atoms with van der Waals surface area (Å²) in [5.74, 6) is 2.03. The van der Waals surface area contributed by atoms with E-state index in [1.54, 1.807) is 13.8 Å². The molecule has 0 aromatic carbocycles. The highest BCUT2D eigenvalue weighted by atomic mass is 16.7. The molecule has 2 spiro atoms. The molecule has 8 fully saturated rings. The maximum Gasteiger partial charge on any atom is 0.225 e. The highest BCUT2D eigenvalue weighted by Crippen LogP contribution is 2.89. The molecule has 2 saturated heterocycles. The van der Waals surface area contributed by atoms with Gasteiger partial charge in [-0.2, -0.15) is 0 Å². The van der Waals surface area contributed by atoms with Crippen molar-refractivity contribution in [2.45, 2.75) is 174 Å². The standard InChI is InChI=1S/C41H67NO7/c1-24-21-26(33(43)37(4,5)46)48-32-31(24)38(6)17-18-41-23-40(41)16-15-29(36(2,3)27(40)13-14-28(41)39(38,7)34(32)44)49-30-22-42(19-20-47-30)35(45)25-11-9-8-10-12-25/h24-34,43-44,46H,8-23H2,1-7H3. The predicted molar refractivity (Wildman–Crippen MR) is 186 cm³/mol. The van der Waals surface area contributed by atoms with E-state index in [0.717, 1.165) is 38.5 Å². The van der Waals surface area contributed by atoms with E-state index < -0.39 is 23.9 Å². The highest BCUT2D eigenvalue weighted by molar-refractivity contribution is 5.79. The Morgan fingerprint density at radius 2 is 1.65 bits per heavy atom. The summed E-state index contributed by atoms with van der Waals surface area (Å²) in [5.41, 5.74) is -1.02. The van der Waals surface area contributed by atoms with Gasteiger partial charge in [0.15, 0.2) is 6.29 Å². The molecule has 278 valence electrons. The minimum absolute atomic E-state index is 0.00620. The summed E-state index contributed by atoms with van der Waals surface area (Å²) >= 11 is 0. The smallest absolute Gasteiger partial charge is 0.225 e. The monoisotopic (exact) mass is 685 g/mol. The van der Waals surface area contributed by atoms with Gasteiger partial charge in [-0.1, -0.05) is 53.9 Å². The Hall–Kier alpha value is -0.770. The van der Waals surface area contributed by atoms with E-state index in [1.165, 1.54) is 38.5 Å². The van der Waals surface area contributed by atoms with E-state index in [4.69, 9.17) is 14.2 Å². The highest BCUT2D eigenvalue weighted by Gasteiger charge is 2.84. The van der Waals surface area contributed by atoms with Gasteiger partial charge < -0.3 is 34.4 Å². The summed E-state index contributed by atoms with van der Waals surface area (Å²) < 4.78 is 19.8. The van der Waals surface area contributed by atoms with Crippen LogP contribution in [0.3, 0.4) is 0 Å². The van der Waals surface area contributed by atoms with Crippen molar-refractivity contribution in [3.05, 3.63) is 0 Å². The molecule has 2 heterocycles. The first-order valence-corrected chi connectivity index (χ1v) is 20.3. The lowest BCUT2D eigenvalue weighted by molar-refractivity contribution is -0.248. The fraction of sp³-hybridized carbons (Fsp3) is 0.976. The van der Waals surface area contributed by atoms with E-state index in [1.807, 2.05) is 4.90 Å². The molecule has 0 bridgehead atoms. The Balaban J connectivity index is 0.993. The van der Waals surface area contributed by atoms with Crippen LogP contribution in [-0.4, -0.2) is 88.2 Å². The second-order valence-corrected chi connectivity index (χ2v) is 20.2. The van der Waals surface area contributed by atoms with Gasteiger partial charge in [0.1, 0.15) is 6.10 Å². The SMILES string of the molecule is CC1CC(C(O)C(C)(C)O)OC2C1C1(C)CCC34CC35CCC(OC3CN(C(=O)C6CCCCC6)CCO3)C(C)(C)C5CCC4C1(C)C2O. The largest absolute Gasteiger partial charge is 0.390 e. The van der Waals surface area contributed by atoms with Gasteiger partial charge in [0.2, 0.25) is 5.91 Å². The number of ether oxygens (including phenoxy) is 3. The maximum absolute atomic E-state index is 13.4. The quantitative estimate of drug-likeness (QED) is 0.322. The second-order valence-electron chi connectivity index (χ2n) is 20.2. The van der Waals surface area contributed by atoms with Crippen LogP contribution in [0, 0.1) is 56.7 Å². The minimum Gasteiger partial charge on any atom is -0.390 e. The van der Waals surface area contributed by atoms with Crippen molar-refractivity contribution in [2.75, 3.05) is 19.7 Å². The summed E-state index contributed by atoms with van der Waals surface area (Å²) in [4.78, 5) is 15.4. The molecule has 0 radical (unpaired) electrons. The van der Waals surface area contributed by atoms with Gasteiger partial charge in [0, 0.05) is 17.9 Å². The fourth-order valence-corrected chi connectivity index (χ4v) is 14.9. The topological polar surface area (TPSA) is 109 Å². The van der Waals surface area contributed by atoms with Gasteiger partial charge in [-0.15, -0.1) is 0 Å². The van der Waals surface area contributed by atoms with E-state index in [9.17, 15) is 20.1 Å². The van der Waals surface area contributed by atoms with Gasteiger partial charge in [-0.05, 0) is 123 Å². The average molecular weight is 686 g/mol. The van der Waals surface area contributed by atoms with Crippen LogP contribution in [-0.2, 0) is 19.0 Å². The predicted octanol–water partition coefficient (Wildman–Crippen LogP) is 6.08. The molecular weight excluding hydrogens is 618 g/mol. The van der Waals surface area contributed by atoms with Crippen LogP contribution in [0.1, 0.15) is 132 Å². The zero-order chi connectivity index (χ0) is 34.9. The summed E-state index contributed by atoms with van der Waals surface area (Å²) in [6.07, 6.45) is 11.8. The number of amides is 1. The first kappa shape index (κ1) is 35.3. The van der Waals surface area contributed by atoms with Crippen LogP contribution in [0.5, 0.6) is 0 Å². The van der Waals surface area contributed by atoms with Gasteiger partial charge in [0.05, 0.1) is 43.2 Å². The number of nitrogens with zero attached hydrogens (tertiary/aromatic N) is 1. The zero-order valence-electron chi connectivity index (χ0n) is 31.6. The molecule has 8 heteroatoms. The van der Waals surface area contributed by atoms with Crippen LogP contribution in [0.2, 0.25) is 0 Å². The lowest BCUT2D eigenvalue weighted by Crippen LogP contribution is -2.60. The number of morpholine rings is 1. The van der Waals surface area contributed by atoms with E-state index >= 15 is 0 Å². The molecule has 8 aliphatic rings. The molecule has 6 aliphatic carbocycles. The number of carbonyl (C=O) groups is 1. The second kappa shape index (κ2) is 11.6. The third kappa shape index (κ3) is 4.84. The first-order chi connectivity index (χ1) is 23.0. The molecule has 8 nitrogen and oxygen atoms in total. The summed E-state index contributed by atoms with van der Waals surface area (Å²) in [6, 6.07) is 0. The molecule has 14 unspecified atom stereocenters. The molecule has 49 heavy (non-hydrogen) atoms. The van der Waals surface area contributed by atoms with Crippen molar-refractivity contribution in [1.29, 1.82) is 0 Å². The van der Waals surface area contributed by atoms with Gasteiger partial charge in [0.25, 0.3) is 0 Å². The number of hydrogen-bond acceptors (Lipinski definition) is 7. The van der Waals surface area contributed by atoms with E-state index in [0.29, 0.717) is 55.2 Å². The van der Waals surface area contributed by atoms with Gasteiger partial charge in [-0.3, -0.25) is 4.79 Å².